The molecule has 0 saturated heterocycles. The number of benzene rings is 2. The molecule has 1 amide bonds. The molecule has 3 aromatic rings. The minimum Gasteiger partial charge on any atom is -0.493 e. The molecule has 230 valence electrons. The molecule has 0 unspecified atom stereocenters. The van der Waals surface area contributed by atoms with Crippen LogP contribution in [0, 0.1) is 0 Å². The quantitative estimate of drug-likeness (QED) is 0.105. The van der Waals surface area contributed by atoms with E-state index in [2.05, 4.69) is 55.2 Å². The van der Waals surface area contributed by atoms with E-state index in [4.69, 9.17) is 9.47 Å². The van der Waals surface area contributed by atoms with Crippen LogP contribution >= 0.6 is 11.3 Å². The van der Waals surface area contributed by atoms with Gasteiger partial charge in [-0.15, -0.1) is 0 Å². The fourth-order valence-electron chi connectivity index (χ4n) is 5.11. The fourth-order valence-corrected chi connectivity index (χ4v) is 5.71. The molecule has 2 aromatic carbocycles. The van der Waals surface area contributed by atoms with Crippen LogP contribution in [0.1, 0.15) is 116 Å². The van der Waals surface area contributed by atoms with E-state index in [1.54, 1.807) is 11.3 Å². The van der Waals surface area contributed by atoms with E-state index in [1.165, 1.54) is 70.6 Å². The molecule has 0 fully saturated rings. The summed E-state index contributed by atoms with van der Waals surface area (Å²) in [7, 11) is 0. The Morgan fingerprint density at radius 3 is 2.19 bits per heavy atom. The highest BCUT2D eigenvalue weighted by atomic mass is 32.1. The summed E-state index contributed by atoms with van der Waals surface area (Å²) in [4.78, 5) is 12.7. The van der Waals surface area contributed by atoms with Crippen molar-refractivity contribution in [2.24, 2.45) is 0 Å². The summed E-state index contributed by atoms with van der Waals surface area (Å²) in [6.07, 6.45) is 18.0. The second-order valence-electron chi connectivity index (χ2n) is 12.4. The van der Waals surface area contributed by atoms with E-state index in [-0.39, 0.29) is 17.9 Å². The summed E-state index contributed by atoms with van der Waals surface area (Å²) >= 11 is 1.66. The number of hydrogen-bond donors (Lipinski definition) is 1. The number of rotatable bonds is 20. The lowest BCUT2D eigenvalue weighted by Gasteiger charge is -2.23. The molecule has 0 saturated carbocycles. The van der Waals surface area contributed by atoms with Crippen LogP contribution in [0.2, 0.25) is 0 Å². The Morgan fingerprint density at radius 1 is 0.857 bits per heavy atom. The lowest BCUT2D eigenvalue weighted by Crippen LogP contribution is -2.30. The van der Waals surface area contributed by atoms with Gasteiger partial charge in [-0.1, -0.05) is 128 Å². The number of carbonyl (C=O) groups excluding carboxylic acids is 1. The normalized spacial score (nSPS) is 11.4. The van der Waals surface area contributed by atoms with Crippen LogP contribution in [0.4, 0.5) is 5.69 Å². The van der Waals surface area contributed by atoms with Gasteiger partial charge in [0.25, 0.3) is 5.91 Å². The number of amides is 1. The Labute approximate surface area is 258 Å². The molecule has 1 aromatic heterocycles. The number of unbranched alkanes of at least 4 members (excludes halogenated alkanes) is 11. The lowest BCUT2D eigenvalue weighted by atomic mass is 9.86. The van der Waals surface area contributed by atoms with Crippen LogP contribution in [0.15, 0.2) is 59.6 Å². The second kappa shape index (κ2) is 18.6. The predicted octanol–water partition coefficient (Wildman–Crippen LogP) is 9.48. The first-order chi connectivity index (χ1) is 20.3. The third-order valence-corrected chi connectivity index (χ3v) is 8.16. The van der Waals surface area contributed by atoms with Gasteiger partial charge in [0, 0.05) is 17.3 Å². The fraction of sp³-hybridized carbons (Fsp3) is 0.556. The minimum absolute atomic E-state index is 0.0475. The smallest absolute Gasteiger partial charge is 0.262 e. The molecule has 0 spiro atoms. The van der Waals surface area contributed by atoms with Crippen LogP contribution in [0.5, 0.6) is 11.5 Å². The third-order valence-electron chi connectivity index (χ3n) is 7.49. The molecule has 0 bridgehead atoms. The predicted molar refractivity (Wildman–Crippen MR) is 176 cm³/mol. The SMILES string of the molecule is CCCCCCCCCCCCCCOc1cc(OCC(=O)Nc2cccc(C[n+]3ccsc3)c2)ccc1C(C)(C)C. The number of ether oxygens (including phenoxy) is 2. The number of thiazole rings is 1. The van der Waals surface area contributed by atoms with Gasteiger partial charge in [-0.2, -0.15) is 4.57 Å². The Morgan fingerprint density at radius 2 is 1.55 bits per heavy atom. The maximum atomic E-state index is 12.7. The average Bonchev–Trinajstić information content (AvgIpc) is 3.47. The first kappa shape index (κ1) is 33.6. The number of hydrogen-bond acceptors (Lipinski definition) is 4. The highest BCUT2D eigenvalue weighted by molar-refractivity contribution is 7.07. The molecule has 42 heavy (non-hydrogen) atoms. The van der Waals surface area contributed by atoms with Gasteiger partial charge in [0.2, 0.25) is 5.51 Å². The minimum atomic E-state index is -0.186. The molecular formula is C36H53N2O3S+. The van der Waals surface area contributed by atoms with Crippen molar-refractivity contribution >= 4 is 22.9 Å². The Bertz CT molecular complexity index is 1170. The van der Waals surface area contributed by atoms with E-state index in [9.17, 15) is 4.79 Å². The monoisotopic (exact) mass is 593 g/mol. The van der Waals surface area contributed by atoms with Crippen LogP contribution in [0.25, 0.3) is 0 Å². The number of nitrogens with one attached hydrogen (secondary N) is 1. The molecule has 5 nitrogen and oxygen atoms in total. The highest BCUT2D eigenvalue weighted by Gasteiger charge is 2.20. The lowest BCUT2D eigenvalue weighted by molar-refractivity contribution is -0.683. The number of aromatic nitrogens is 1. The van der Waals surface area contributed by atoms with Crippen molar-refractivity contribution in [1.82, 2.24) is 0 Å². The zero-order valence-corrected chi connectivity index (χ0v) is 27.3. The molecule has 1 heterocycles. The largest absolute Gasteiger partial charge is 0.493 e. The molecule has 0 aliphatic rings. The topological polar surface area (TPSA) is 51.4 Å². The van der Waals surface area contributed by atoms with Gasteiger partial charge in [0.05, 0.1) is 12.0 Å². The van der Waals surface area contributed by atoms with E-state index >= 15 is 0 Å². The summed E-state index contributed by atoms with van der Waals surface area (Å²) in [5, 5.41) is 5.01. The molecule has 1 N–H and O–H groups in total. The average molecular weight is 594 g/mol. The van der Waals surface area contributed by atoms with Crippen LogP contribution in [-0.2, 0) is 16.8 Å². The van der Waals surface area contributed by atoms with Gasteiger partial charge in [-0.05, 0) is 35.6 Å². The summed E-state index contributed by atoms with van der Waals surface area (Å²) in [5.74, 6) is 1.31. The van der Waals surface area contributed by atoms with Gasteiger partial charge in [0.15, 0.2) is 19.3 Å². The first-order valence-electron chi connectivity index (χ1n) is 16.1. The number of anilines is 1. The highest BCUT2D eigenvalue weighted by Crippen LogP contribution is 2.34. The van der Waals surface area contributed by atoms with Crippen molar-refractivity contribution in [2.75, 3.05) is 18.5 Å². The number of carbonyl (C=O) groups is 1. The van der Waals surface area contributed by atoms with Crippen molar-refractivity contribution in [3.8, 4) is 11.5 Å². The molecule has 6 heteroatoms. The molecule has 0 aliphatic heterocycles. The summed E-state index contributed by atoms with van der Waals surface area (Å²) < 4.78 is 14.3. The van der Waals surface area contributed by atoms with E-state index < -0.39 is 0 Å². The van der Waals surface area contributed by atoms with Crippen LogP contribution in [-0.4, -0.2) is 19.1 Å². The third kappa shape index (κ3) is 13.0. The standard InChI is InChI=1S/C36H52N2O3S/c1-5-6-7-8-9-10-11-12-13-14-15-16-23-40-34-26-32(20-21-33(34)36(2,3)4)41-28-35(39)37-31-19-17-18-30(25-31)27-38-22-24-42-29-38/h17-22,24-26,29H,5-16,23,27-28H2,1-4H3/p+1. The maximum Gasteiger partial charge on any atom is 0.262 e. The first-order valence-corrected chi connectivity index (χ1v) is 17.0. The Kier molecular flexibility index (Phi) is 14.9. The van der Waals surface area contributed by atoms with E-state index in [0.29, 0.717) is 12.4 Å². The van der Waals surface area contributed by atoms with Crippen molar-refractivity contribution in [2.45, 2.75) is 117 Å². The molecule has 3 rings (SSSR count). The zero-order chi connectivity index (χ0) is 30.0. The van der Waals surface area contributed by atoms with E-state index in [1.807, 2.05) is 41.9 Å². The van der Waals surface area contributed by atoms with Crippen molar-refractivity contribution in [3.63, 3.8) is 0 Å². The maximum absolute atomic E-state index is 12.7. The van der Waals surface area contributed by atoms with Gasteiger partial charge in [-0.25, -0.2) is 0 Å². The van der Waals surface area contributed by atoms with Gasteiger partial charge < -0.3 is 14.8 Å². The molecule has 0 aliphatic carbocycles. The van der Waals surface area contributed by atoms with Crippen molar-refractivity contribution in [3.05, 3.63) is 70.7 Å². The van der Waals surface area contributed by atoms with Gasteiger partial charge >= 0.3 is 0 Å². The Balaban J connectivity index is 1.40. The van der Waals surface area contributed by atoms with Crippen molar-refractivity contribution < 1.29 is 18.8 Å². The summed E-state index contributed by atoms with van der Waals surface area (Å²) in [6.45, 7) is 10.3. The summed E-state index contributed by atoms with van der Waals surface area (Å²) in [6, 6.07) is 13.9. The van der Waals surface area contributed by atoms with Gasteiger partial charge in [-0.3, -0.25) is 4.79 Å². The molecule has 0 radical (unpaired) electrons. The summed E-state index contributed by atoms with van der Waals surface area (Å²) in [5.41, 5.74) is 5.07. The zero-order valence-electron chi connectivity index (χ0n) is 26.5. The van der Waals surface area contributed by atoms with Crippen LogP contribution in [0.3, 0.4) is 0 Å². The second-order valence-corrected chi connectivity index (χ2v) is 13.1. The van der Waals surface area contributed by atoms with Crippen molar-refractivity contribution in [1.29, 1.82) is 0 Å². The Hall–Kier alpha value is -2.86. The molecule has 0 atom stereocenters. The van der Waals surface area contributed by atoms with E-state index in [0.717, 1.165) is 35.5 Å². The molecular weight excluding hydrogens is 540 g/mol. The number of nitrogens with zero attached hydrogens (tertiary/aromatic N) is 1. The van der Waals surface area contributed by atoms with Gasteiger partial charge in [0.1, 0.15) is 11.5 Å². The van der Waals surface area contributed by atoms with Crippen LogP contribution < -0.4 is 19.4 Å².